The number of nitrogens with two attached hydrogens (primary N) is 1. The molecule has 0 bridgehead atoms. The van der Waals surface area contributed by atoms with Gasteiger partial charge in [-0.1, -0.05) is 41.4 Å². The second-order valence-electron chi connectivity index (χ2n) is 8.48. The standard InChI is InChI=1S/C27H23Cl2F2N3O4/c1-27(13-32,17-9-8-15(28)12-19(17)30)22(16-5-4-6-18(29)23(16)31)24(33)25(35)34-20-10-7-14(26(36)38-3)11-21(20)37-2/h4-12,22,24H,33H2,1-3H3,(H,34,35)/t22-,24+,27?/m0/s1. The van der Waals surface area contributed by atoms with Crippen LogP contribution in [0.5, 0.6) is 5.75 Å². The minimum Gasteiger partial charge on any atom is -0.495 e. The highest BCUT2D eigenvalue weighted by Gasteiger charge is 2.46. The Morgan fingerprint density at radius 1 is 1.11 bits per heavy atom. The summed E-state index contributed by atoms with van der Waals surface area (Å²) < 4.78 is 40.4. The molecule has 3 aromatic carbocycles. The molecule has 1 unspecified atom stereocenters. The van der Waals surface area contributed by atoms with E-state index in [4.69, 9.17) is 33.7 Å². The van der Waals surface area contributed by atoms with Crippen LogP contribution >= 0.6 is 23.2 Å². The molecule has 0 aromatic heterocycles. The molecule has 0 aliphatic heterocycles. The molecule has 0 saturated carbocycles. The minimum absolute atomic E-state index is 0.0848. The van der Waals surface area contributed by atoms with Crippen molar-refractivity contribution in [3.05, 3.63) is 93.0 Å². The molecule has 38 heavy (non-hydrogen) atoms. The SMILES string of the molecule is COC(=O)c1ccc(NC(=O)[C@H](N)[C@H](c2cccc(Cl)c2F)C(C)(C#N)c2ccc(Cl)cc2F)c(OC)c1. The summed E-state index contributed by atoms with van der Waals surface area (Å²) in [5, 5.41) is 12.7. The third kappa shape index (κ3) is 5.58. The van der Waals surface area contributed by atoms with Crippen molar-refractivity contribution in [1.29, 1.82) is 5.26 Å². The number of hydrogen-bond acceptors (Lipinski definition) is 6. The van der Waals surface area contributed by atoms with Gasteiger partial charge in [-0.3, -0.25) is 4.79 Å². The van der Waals surface area contributed by atoms with E-state index in [2.05, 4.69) is 10.1 Å². The van der Waals surface area contributed by atoms with Gasteiger partial charge < -0.3 is 20.5 Å². The molecular weight excluding hydrogens is 539 g/mol. The minimum atomic E-state index is -1.85. The van der Waals surface area contributed by atoms with Gasteiger partial charge in [-0.25, -0.2) is 13.6 Å². The molecule has 0 saturated heterocycles. The lowest BCUT2D eigenvalue weighted by atomic mass is 9.66. The van der Waals surface area contributed by atoms with Crippen LogP contribution in [-0.2, 0) is 14.9 Å². The van der Waals surface area contributed by atoms with E-state index in [-0.39, 0.29) is 38.2 Å². The Morgan fingerprint density at radius 3 is 2.42 bits per heavy atom. The molecule has 0 heterocycles. The van der Waals surface area contributed by atoms with Crippen LogP contribution in [-0.4, -0.2) is 32.1 Å². The number of ether oxygens (including phenoxy) is 2. The van der Waals surface area contributed by atoms with Crippen molar-refractivity contribution in [2.75, 3.05) is 19.5 Å². The zero-order valence-electron chi connectivity index (χ0n) is 20.5. The van der Waals surface area contributed by atoms with E-state index < -0.39 is 40.9 Å². The predicted octanol–water partition coefficient (Wildman–Crippen LogP) is 5.60. The van der Waals surface area contributed by atoms with E-state index in [1.807, 2.05) is 6.07 Å². The average molecular weight is 562 g/mol. The number of carbonyl (C=O) groups is 2. The topological polar surface area (TPSA) is 114 Å². The lowest BCUT2D eigenvalue weighted by Gasteiger charge is -2.36. The highest BCUT2D eigenvalue weighted by Crippen LogP contribution is 2.44. The number of hydrogen-bond donors (Lipinski definition) is 2. The van der Waals surface area contributed by atoms with Crippen molar-refractivity contribution in [1.82, 2.24) is 0 Å². The van der Waals surface area contributed by atoms with Gasteiger partial charge in [0.1, 0.15) is 17.4 Å². The first-order chi connectivity index (χ1) is 18.0. The van der Waals surface area contributed by atoms with Crippen LogP contribution in [0.4, 0.5) is 14.5 Å². The van der Waals surface area contributed by atoms with Crippen molar-refractivity contribution in [2.45, 2.75) is 24.3 Å². The van der Waals surface area contributed by atoms with E-state index in [0.717, 1.165) is 6.07 Å². The fourth-order valence-corrected chi connectivity index (χ4v) is 4.58. The van der Waals surface area contributed by atoms with Crippen LogP contribution < -0.4 is 15.8 Å². The maximum atomic E-state index is 15.3. The summed E-state index contributed by atoms with van der Waals surface area (Å²) in [7, 11) is 2.54. The Kier molecular flexibility index (Phi) is 8.94. The number of halogens is 4. The Morgan fingerprint density at radius 2 is 1.82 bits per heavy atom. The molecule has 198 valence electrons. The average Bonchev–Trinajstić information content (AvgIpc) is 2.90. The van der Waals surface area contributed by atoms with E-state index in [0.29, 0.717) is 0 Å². The molecular formula is C27H23Cl2F2N3O4. The molecule has 3 N–H and O–H groups in total. The summed E-state index contributed by atoms with van der Waals surface area (Å²) in [6.07, 6.45) is 0. The number of anilines is 1. The number of amides is 1. The molecule has 3 rings (SSSR count). The molecule has 0 aliphatic rings. The predicted molar refractivity (Wildman–Crippen MR) is 139 cm³/mol. The van der Waals surface area contributed by atoms with Crippen LogP contribution in [0.3, 0.4) is 0 Å². The third-order valence-corrected chi connectivity index (χ3v) is 6.73. The van der Waals surface area contributed by atoms with Crippen molar-refractivity contribution >= 4 is 40.8 Å². The number of carbonyl (C=O) groups excluding carboxylic acids is 2. The fraction of sp³-hybridized carbons (Fsp3) is 0.222. The molecule has 0 radical (unpaired) electrons. The van der Waals surface area contributed by atoms with Crippen LogP contribution in [0.1, 0.15) is 34.3 Å². The molecule has 0 fully saturated rings. The number of nitrogens with zero attached hydrogens (tertiary/aromatic N) is 1. The maximum Gasteiger partial charge on any atom is 0.337 e. The van der Waals surface area contributed by atoms with Crippen molar-refractivity contribution in [2.24, 2.45) is 5.73 Å². The van der Waals surface area contributed by atoms with Crippen LogP contribution in [0.15, 0.2) is 54.6 Å². The number of benzene rings is 3. The highest BCUT2D eigenvalue weighted by molar-refractivity contribution is 6.31. The largest absolute Gasteiger partial charge is 0.495 e. The zero-order valence-corrected chi connectivity index (χ0v) is 22.0. The van der Waals surface area contributed by atoms with Crippen LogP contribution in [0, 0.1) is 23.0 Å². The Balaban J connectivity index is 2.12. The third-order valence-electron chi connectivity index (χ3n) is 6.20. The van der Waals surface area contributed by atoms with Crippen LogP contribution in [0.2, 0.25) is 10.0 Å². The Labute approximate surface area is 228 Å². The van der Waals surface area contributed by atoms with Gasteiger partial charge in [0.05, 0.1) is 48.0 Å². The number of nitriles is 1. The molecule has 7 nitrogen and oxygen atoms in total. The number of methoxy groups -OCH3 is 2. The Bertz CT molecular complexity index is 1430. The van der Waals surface area contributed by atoms with Gasteiger partial charge in [0.25, 0.3) is 0 Å². The number of nitrogens with one attached hydrogen (secondary N) is 1. The van der Waals surface area contributed by atoms with E-state index in [1.165, 1.54) is 69.7 Å². The molecule has 0 spiro atoms. The summed E-state index contributed by atoms with van der Waals surface area (Å²) in [5.41, 5.74) is 4.55. The second kappa shape index (κ2) is 11.8. The smallest absolute Gasteiger partial charge is 0.337 e. The fourth-order valence-electron chi connectivity index (χ4n) is 4.24. The normalized spacial score (nSPS) is 14.0. The molecule has 3 aromatic rings. The summed E-state index contributed by atoms with van der Waals surface area (Å²) in [5.74, 6) is -4.49. The molecule has 11 heteroatoms. The number of rotatable bonds is 8. The molecule has 3 atom stereocenters. The maximum absolute atomic E-state index is 15.3. The quantitative estimate of drug-likeness (QED) is 0.346. The van der Waals surface area contributed by atoms with E-state index in [1.54, 1.807) is 0 Å². The van der Waals surface area contributed by atoms with E-state index in [9.17, 15) is 14.9 Å². The van der Waals surface area contributed by atoms with Crippen molar-refractivity contribution in [3.63, 3.8) is 0 Å². The van der Waals surface area contributed by atoms with Crippen LogP contribution in [0.25, 0.3) is 0 Å². The monoisotopic (exact) mass is 561 g/mol. The first-order valence-corrected chi connectivity index (χ1v) is 11.9. The van der Waals surface area contributed by atoms with Gasteiger partial charge >= 0.3 is 5.97 Å². The molecule has 1 amide bonds. The first kappa shape index (κ1) is 28.9. The van der Waals surface area contributed by atoms with E-state index >= 15 is 8.78 Å². The summed E-state index contributed by atoms with van der Waals surface area (Å²) in [6, 6.07) is 12.3. The van der Waals surface area contributed by atoms with Gasteiger partial charge in [0.15, 0.2) is 0 Å². The summed E-state index contributed by atoms with van der Waals surface area (Å²) in [6.45, 7) is 1.35. The zero-order chi connectivity index (χ0) is 28.2. The Hall–Kier alpha value is -3.71. The lowest BCUT2D eigenvalue weighted by Crippen LogP contribution is -2.48. The van der Waals surface area contributed by atoms with Gasteiger partial charge in [-0.2, -0.15) is 5.26 Å². The molecule has 0 aliphatic carbocycles. The second-order valence-corrected chi connectivity index (χ2v) is 9.32. The first-order valence-electron chi connectivity index (χ1n) is 11.1. The van der Waals surface area contributed by atoms with Gasteiger partial charge in [0.2, 0.25) is 5.91 Å². The van der Waals surface area contributed by atoms with Crippen molar-refractivity contribution < 1.29 is 27.8 Å². The van der Waals surface area contributed by atoms with Gasteiger partial charge in [-0.05, 0) is 48.9 Å². The highest BCUT2D eigenvalue weighted by atomic mass is 35.5. The summed E-state index contributed by atoms with van der Waals surface area (Å²) in [4.78, 5) is 25.3. The lowest BCUT2D eigenvalue weighted by molar-refractivity contribution is -0.118. The van der Waals surface area contributed by atoms with Gasteiger partial charge in [-0.15, -0.1) is 0 Å². The summed E-state index contributed by atoms with van der Waals surface area (Å²) >= 11 is 11.9. The van der Waals surface area contributed by atoms with Gasteiger partial charge in [0, 0.05) is 16.5 Å². The number of esters is 1. The van der Waals surface area contributed by atoms with Crippen molar-refractivity contribution in [3.8, 4) is 11.8 Å².